The van der Waals surface area contributed by atoms with Crippen LogP contribution < -0.4 is 0 Å². The molecule has 0 fully saturated rings. The maximum Gasteiger partial charge on any atom is 0.130 e. The van der Waals surface area contributed by atoms with Crippen molar-refractivity contribution in [2.24, 2.45) is 0 Å². The fourth-order valence-corrected chi connectivity index (χ4v) is 2.14. The van der Waals surface area contributed by atoms with E-state index in [4.69, 9.17) is 11.6 Å². The summed E-state index contributed by atoms with van der Waals surface area (Å²) in [6, 6.07) is 8.09. The highest BCUT2D eigenvalue weighted by Gasteiger charge is 2.18. The molecule has 18 heavy (non-hydrogen) atoms. The molecule has 2 nitrogen and oxygen atoms in total. The number of hydrogen-bond acceptors (Lipinski definition) is 2. The van der Waals surface area contributed by atoms with E-state index in [0.29, 0.717) is 0 Å². The average molecular weight is 266 g/mol. The third kappa shape index (κ3) is 2.68. The zero-order valence-electron chi connectivity index (χ0n) is 9.90. The molecule has 0 aliphatic carbocycles. The van der Waals surface area contributed by atoms with E-state index in [0.717, 1.165) is 11.3 Å². The van der Waals surface area contributed by atoms with Gasteiger partial charge in [0, 0.05) is 28.9 Å². The molecule has 1 unspecified atom stereocenters. The van der Waals surface area contributed by atoms with Gasteiger partial charge in [0.15, 0.2) is 0 Å². The van der Waals surface area contributed by atoms with Crippen molar-refractivity contribution in [2.45, 2.75) is 19.4 Å². The normalized spacial score (nSPS) is 12.4. The molecule has 1 aromatic heterocycles. The Hall–Kier alpha value is -1.45. The summed E-state index contributed by atoms with van der Waals surface area (Å²) in [5.74, 6) is -0.497. The summed E-state index contributed by atoms with van der Waals surface area (Å²) >= 11 is 5.91. The molecule has 0 saturated heterocycles. The molecule has 2 aromatic rings. The number of aromatic nitrogens is 1. The summed E-state index contributed by atoms with van der Waals surface area (Å²) < 4.78 is 13.6. The van der Waals surface area contributed by atoms with Crippen LogP contribution in [0.4, 0.5) is 4.39 Å². The van der Waals surface area contributed by atoms with E-state index >= 15 is 0 Å². The van der Waals surface area contributed by atoms with Crippen LogP contribution in [0.5, 0.6) is 0 Å². The summed E-state index contributed by atoms with van der Waals surface area (Å²) in [6.45, 7) is 1.90. The van der Waals surface area contributed by atoms with Crippen LogP contribution >= 0.6 is 11.6 Å². The molecule has 1 aromatic carbocycles. The van der Waals surface area contributed by atoms with Gasteiger partial charge in [-0.3, -0.25) is 4.98 Å². The molecule has 2 rings (SSSR count). The van der Waals surface area contributed by atoms with Gasteiger partial charge in [-0.25, -0.2) is 4.39 Å². The number of benzene rings is 1. The van der Waals surface area contributed by atoms with E-state index in [2.05, 4.69) is 4.98 Å². The van der Waals surface area contributed by atoms with Gasteiger partial charge < -0.3 is 5.11 Å². The van der Waals surface area contributed by atoms with Crippen LogP contribution in [-0.4, -0.2) is 10.1 Å². The van der Waals surface area contributed by atoms with Crippen molar-refractivity contribution in [3.8, 4) is 0 Å². The number of halogens is 2. The summed E-state index contributed by atoms with van der Waals surface area (Å²) in [4.78, 5) is 4.18. The standard InChI is InChI=1S/C14H13ClFNO/c1-9-4-3-7-17-12(9)8-13(18)14-10(15)5-2-6-11(14)16/h2-7,13,18H,8H2,1H3. The second kappa shape index (κ2) is 5.46. The van der Waals surface area contributed by atoms with Crippen LogP contribution in [0.25, 0.3) is 0 Å². The van der Waals surface area contributed by atoms with Gasteiger partial charge in [0.2, 0.25) is 0 Å². The third-order valence-corrected chi connectivity index (χ3v) is 3.17. The van der Waals surface area contributed by atoms with Crippen molar-refractivity contribution >= 4 is 11.6 Å². The third-order valence-electron chi connectivity index (χ3n) is 2.84. The fourth-order valence-electron chi connectivity index (χ4n) is 1.85. The van der Waals surface area contributed by atoms with Crippen molar-refractivity contribution in [1.82, 2.24) is 4.98 Å². The SMILES string of the molecule is Cc1cccnc1CC(O)c1c(F)cccc1Cl. The van der Waals surface area contributed by atoms with Gasteiger partial charge in [-0.2, -0.15) is 0 Å². The molecule has 0 radical (unpaired) electrons. The van der Waals surface area contributed by atoms with E-state index in [-0.39, 0.29) is 17.0 Å². The van der Waals surface area contributed by atoms with Crippen LogP contribution in [0.1, 0.15) is 22.9 Å². The van der Waals surface area contributed by atoms with E-state index < -0.39 is 11.9 Å². The minimum absolute atomic E-state index is 0.129. The molecule has 0 aliphatic heterocycles. The second-order valence-electron chi connectivity index (χ2n) is 4.12. The molecule has 0 bridgehead atoms. The van der Waals surface area contributed by atoms with Crippen molar-refractivity contribution in [1.29, 1.82) is 0 Å². The van der Waals surface area contributed by atoms with Gasteiger partial charge in [-0.05, 0) is 30.7 Å². The molecule has 4 heteroatoms. The first-order valence-electron chi connectivity index (χ1n) is 5.62. The van der Waals surface area contributed by atoms with Crippen LogP contribution in [-0.2, 0) is 6.42 Å². The Bertz CT molecular complexity index is 539. The highest BCUT2D eigenvalue weighted by atomic mass is 35.5. The quantitative estimate of drug-likeness (QED) is 0.922. The molecule has 1 N–H and O–H groups in total. The Kier molecular flexibility index (Phi) is 3.94. The summed E-state index contributed by atoms with van der Waals surface area (Å²) in [5.41, 5.74) is 1.83. The lowest BCUT2D eigenvalue weighted by Crippen LogP contribution is -2.07. The van der Waals surface area contributed by atoms with E-state index in [1.807, 2.05) is 19.1 Å². The molecule has 0 saturated carbocycles. The van der Waals surface area contributed by atoms with Gasteiger partial charge in [-0.15, -0.1) is 0 Å². The molecule has 0 aliphatic rings. The minimum atomic E-state index is -0.993. The summed E-state index contributed by atoms with van der Waals surface area (Å²) in [6.07, 6.45) is 0.901. The zero-order chi connectivity index (χ0) is 13.1. The fraction of sp³-hybridized carbons (Fsp3) is 0.214. The van der Waals surface area contributed by atoms with Crippen LogP contribution in [0.2, 0.25) is 5.02 Å². The predicted molar refractivity (Wildman–Crippen MR) is 69.0 cm³/mol. The van der Waals surface area contributed by atoms with Gasteiger partial charge >= 0.3 is 0 Å². The zero-order valence-corrected chi connectivity index (χ0v) is 10.7. The Labute approximate surface area is 110 Å². The molecular formula is C14H13ClFNO. The Morgan fingerprint density at radius 1 is 1.33 bits per heavy atom. The first kappa shape index (κ1) is 13.0. The molecular weight excluding hydrogens is 253 g/mol. The smallest absolute Gasteiger partial charge is 0.130 e. The molecule has 0 spiro atoms. The summed E-state index contributed by atoms with van der Waals surface area (Å²) in [7, 11) is 0. The van der Waals surface area contributed by atoms with Gasteiger partial charge in [0.1, 0.15) is 5.82 Å². The maximum atomic E-state index is 13.6. The lowest BCUT2D eigenvalue weighted by molar-refractivity contribution is 0.172. The average Bonchev–Trinajstić information content (AvgIpc) is 2.32. The minimum Gasteiger partial charge on any atom is -0.388 e. The van der Waals surface area contributed by atoms with Crippen LogP contribution in [0.15, 0.2) is 36.5 Å². The lowest BCUT2D eigenvalue weighted by atomic mass is 10.0. The molecule has 1 atom stereocenters. The largest absolute Gasteiger partial charge is 0.388 e. The van der Waals surface area contributed by atoms with Crippen molar-refractivity contribution in [2.75, 3.05) is 0 Å². The van der Waals surface area contributed by atoms with Crippen LogP contribution in [0.3, 0.4) is 0 Å². The number of aliphatic hydroxyl groups excluding tert-OH is 1. The van der Waals surface area contributed by atoms with E-state index in [9.17, 15) is 9.50 Å². The van der Waals surface area contributed by atoms with E-state index in [1.165, 1.54) is 12.1 Å². The Morgan fingerprint density at radius 3 is 2.78 bits per heavy atom. The number of rotatable bonds is 3. The predicted octanol–water partition coefficient (Wildman–Crippen LogP) is 3.46. The van der Waals surface area contributed by atoms with Crippen molar-refractivity contribution in [3.05, 3.63) is 64.2 Å². The number of aliphatic hydroxyl groups is 1. The van der Waals surface area contributed by atoms with Crippen molar-refractivity contribution < 1.29 is 9.50 Å². The molecule has 94 valence electrons. The summed E-state index contributed by atoms with van der Waals surface area (Å²) in [5, 5.41) is 10.3. The van der Waals surface area contributed by atoms with Crippen LogP contribution in [0, 0.1) is 12.7 Å². The molecule has 0 amide bonds. The van der Waals surface area contributed by atoms with Gasteiger partial charge in [-0.1, -0.05) is 23.7 Å². The number of pyridine rings is 1. The Balaban J connectivity index is 2.28. The first-order chi connectivity index (χ1) is 8.59. The topological polar surface area (TPSA) is 33.1 Å². The number of aryl methyl sites for hydroxylation is 1. The molecule has 1 heterocycles. The first-order valence-corrected chi connectivity index (χ1v) is 6.00. The van der Waals surface area contributed by atoms with Gasteiger partial charge in [0.25, 0.3) is 0 Å². The second-order valence-corrected chi connectivity index (χ2v) is 4.53. The van der Waals surface area contributed by atoms with Crippen molar-refractivity contribution in [3.63, 3.8) is 0 Å². The number of nitrogens with zero attached hydrogens (tertiary/aromatic N) is 1. The highest BCUT2D eigenvalue weighted by molar-refractivity contribution is 6.31. The number of hydrogen-bond donors (Lipinski definition) is 1. The van der Waals surface area contributed by atoms with Gasteiger partial charge in [0.05, 0.1) is 6.10 Å². The van der Waals surface area contributed by atoms with E-state index in [1.54, 1.807) is 12.3 Å². The highest BCUT2D eigenvalue weighted by Crippen LogP contribution is 2.28. The monoisotopic (exact) mass is 265 g/mol. The Morgan fingerprint density at radius 2 is 2.11 bits per heavy atom. The maximum absolute atomic E-state index is 13.6. The lowest BCUT2D eigenvalue weighted by Gasteiger charge is -2.14.